The molecule has 1 saturated carbocycles. The predicted molar refractivity (Wildman–Crippen MR) is 89.7 cm³/mol. The summed E-state index contributed by atoms with van der Waals surface area (Å²) in [6.07, 6.45) is 9.39. The van der Waals surface area contributed by atoms with Gasteiger partial charge in [0.15, 0.2) is 0 Å². The van der Waals surface area contributed by atoms with Crippen molar-refractivity contribution in [3.63, 3.8) is 0 Å². The lowest BCUT2D eigenvalue weighted by molar-refractivity contribution is 0.00938. The van der Waals surface area contributed by atoms with Gasteiger partial charge in [-0.2, -0.15) is 0 Å². The number of hydrogen-bond acceptors (Lipinski definition) is 4. The zero-order valence-electron chi connectivity index (χ0n) is 14.2. The SMILES string of the molecule is O=C(c1ccncc1)N1CCC2(CC1)CO[C@H](COCC1CC1)C2. The number of carbonyl (C=O) groups excluding carboxylic acids is 1. The Morgan fingerprint density at radius 1 is 1.25 bits per heavy atom. The second kappa shape index (κ2) is 6.81. The Morgan fingerprint density at radius 2 is 2.00 bits per heavy atom. The fraction of sp³-hybridized carbons (Fsp3) is 0.684. The van der Waals surface area contributed by atoms with Gasteiger partial charge < -0.3 is 14.4 Å². The number of rotatable bonds is 5. The Balaban J connectivity index is 1.25. The molecule has 2 saturated heterocycles. The van der Waals surface area contributed by atoms with E-state index in [4.69, 9.17) is 9.47 Å². The first-order chi connectivity index (χ1) is 11.7. The number of carbonyl (C=O) groups is 1. The van der Waals surface area contributed by atoms with Crippen LogP contribution in [-0.4, -0.2) is 54.8 Å². The molecule has 130 valence electrons. The van der Waals surface area contributed by atoms with Crippen LogP contribution in [0.3, 0.4) is 0 Å². The molecule has 1 atom stereocenters. The van der Waals surface area contributed by atoms with E-state index < -0.39 is 0 Å². The topological polar surface area (TPSA) is 51.7 Å². The Morgan fingerprint density at radius 3 is 2.71 bits per heavy atom. The van der Waals surface area contributed by atoms with Gasteiger partial charge in [0.1, 0.15) is 0 Å². The van der Waals surface area contributed by atoms with E-state index in [0.29, 0.717) is 0 Å². The van der Waals surface area contributed by atoms with Crippen molar-refractivity contribution < 1.29 is 14.3 Å². The molecule has 0 unspecified atom stereocenters. The second-order valence-electron chi connectivity index (χ2n) is 7.65. The third-order valence-electron chi connectivity index (χ3n) is 5.68. The van der Waals surface area contributed by atoms with Crippen LogP contribution in [0, 0.1) is 11.3 Å². The molecule has 1 amide bonds. The molecule has 5 nitrogen and oxygen atoms in total. The zero-order valence-corrected chi connectivity index (χ0v) is 14.2. The minimum atomic E-state index is 0.121. The van der Waals surface area contributed by atoms with Gasteiger partial charge in [0.05, 0.1) is 19.3 Å². The third kappa shape index (κ3) is 3.62. The van der Waals surface area contributed by atoms with Crippen molar-refractivity contribution in [2.24, 2.45) is 11.3 Å². The third-order valence-corrected chi connectivity index (χ3v) is 5.68. The molecule has 4 rings (SSSR count). The van der Waals surface area contributed by atoms with Crippen molar-refractivity contribution in [1.82, 2.24) is 9.88 Å². The molecule has 2 aliphatic heterocycles. The Bertz CT molecular complexity index is 565. The lowest BCUT2D eigenvalue weighted by Gasteiger charge is -2.38. The first kappa shape index (κ1) is 16.0. The van der Waals surface area contributed by atoms with E-state index >= 15 is 0 Å². The summed E-state index contributed by atoms with van der Waals surface area (Å²) in [5, 5.41) is 0. The highest BCUT2D eigenvalue weighted by Crippen LogP contribution is 2.42. The maximum absolute atomic E-state index is 12.5. The number of aromatic nitrogens is 1. The van der Waals surface area contributed by atoms with Gasteiger partial charge in [-0.05, 0) is 55.6 Å². The molecule has 5 heteroatoms. The van der Waals surface area contributed by atoms with Crippen LogP contribution in [0.5, 0.6) is 0 Å². The standard InChI is InChI=1S/C19H26N2O3/c22-18(16-3-7-20-8-4-16)21-9-5-19(6-10-21)11-17(24-14-19)13-23-12-15-1-2-15/h3-4,7-8,15,17H,1-2,5-6,9-14H2/t17-/m0/s1. The van der Waals surface area contributed by atoms with Crippen LogP contribution in [0.25, 0.3) is 0 Å². The van der Waals surface area contributed by atoms with Gasteiger partial charge in [0.25, 0.3) is 5.91 Å². The van der Waals surface area contributed by atoms with E-state index in [-0.39, 0.29) is 17.4 Å². The summed E-state index contributed by atoms with van der Waals surface area (Å²) in [6.45, 7) is 4.10. The molecule has 1 aromatic rings. The van der Waals surface area contributed by atoms with E-state index in [9.17, 15) is 4.79 Å². The molecule has 1 aromatic heterocycles. The molecule has 3 fully saturated rings. The smallest absolute Gasteiger partial charge is 0.253 e. The quantitative estimate of drug-likeness (QED) is 0.832. The van der Waals surface area contributed by atoms with Gasteiger partial charge in [-0.3, -0.25) is 9.78 Å². The van der Waals surface area contributed by atoms with Crippen molar-refractivity contribution in [1.29, 1.82) is 0 Å². The fourth-order valence-electron chi connectivity index (χ4n) is 3.86. The summed E-state index contributed by atoms with van der Waals surface area (Å²) in [4.78, 5) is 18.5. The molecule has 1 aliphatic carbocycles. The minimum Gasteiger partial charge on any atom is -0.378 e. The average Bonchev–Trinajstić information content (AvgIpc) is 3.37. The monoisotopic (exact) mass is 330 g/mol. The first-order valence-electron chi connectivity index (χ1n) is 9.13. The van der Waals surface area contributed by atoms with Crippen molar-refractivity contribution in [3.8, 4) is 0 Å². The molecule has 0 aromatic carbocycles. The fourth-order valence-corrected chi connectivity index (χ4v) is 3.86. The van der Waals surface area contributed by atoms with Crippen molar-refractivity contribution in [3.05, 3.63) is 30.1 Å². The van der Waals surface area contributed by atoms with Crippen LogP contribution in [0.15, 0.2) is 24.5 Å². The highest BCUT2D eigenvalue weighted by atomic mass is 16.5. The Labute approximate surface area is 143 Å². The van der Waals surface area contributed by atoms with Crippen LogP contribution in [-0.2, 0) is 9.47 Å². The molecule has 1 spiro atoms. The number of likely N-dealkylation sites (tertiary alicyclic amines) is 1. The van der Waals surface area contributed by atoms with Crippen LogP contribution in [0.4, 0.5) is 0 Å². The molecule has 0 bridgehead atoms. The van der Waals surface area contributed by atoms with Gasteiger partial charge in [-0.25, -0.2) is 0 Å². The summed E-state index contributed by atoms with van der Waals surface area (Å²) in [6, 6.07) is 3.58. The first-order valence-corrected chi connectivity index (χ1v) is 9.13. The van der Waals surface area contributed by atoms with Crippen LogP contribution < -0.4 is 0 Å². The number of hydrogen-bond donors (Lipinski definition) is 0. The highest BCUT2D eigenvalue weighted by Gasteiger charge is 2.43. The van der Waals surface area contributed by atoms with Crippen LogP contribution in [0.1, 0.15) is 42.5 Å². The summed E-state index contributed by atoms with van der Waals surface area (Å²) >= 11 is 0. The van der Waals surface area contributed by atoms with Gasteiger partial charge in [-0.15, -0.1) is 0 Å². The average molecular weight is 330 g/mol. The number of amides is 1. The molecule has 3 heterocycles. The number of ether oxygens (including phenoxy) is 2. The van der Waals surface area contributed by atoms with E-state index in [0.717, 1.165) is 63.7 Å². The molecular weight excluding hydrogens is 304 g/mol. The minimum absolute atomic E-state index is 0.121. The lowest BCUT2D eigenvalue weighted by atomic mass is 9.76. The maximum atomic E-state index is 12.5. The van der Waals surface area contributed by atoms with Gasteiger partial charge in [0.2, 0.25) is 0 Å². The number of nitrogens with zero attached hydrogens (tertiary/aromatic N) is 2. The molecule has 0 N–H and O–H groups in total. The zero-order chi connectivity index (χ0) is 16.4. The second-order valence-corrected chi connectivity index (χ2v) is 7.65. The van der Waals surface area contributed by atoms with E-state index in [1.54, 1.807) is 24.5 Å². The summed E-state index contributed by atoms with van der Waals surface area (Å²) in [7, 11) is 0. The molecule has 24 heavy (non-hydrogen) atoms. The van der Waals surface area contributed by atoms with Crippen LogP contribution in [0.2, 0.25) is 0 Å². The summed E-state index contributed by atoms with van der Waals surface area (Å²) in [5.41, 5.74) is 0.984. The Kier molecular flexibility index (Phi) is 4.55. The molecule has 3 aliphatic rings. The summed E-state index contributed by atoms with van der Waals surface area (Å²) in [5.74, 6) is 0.929. The highest BCUT2D eigenvalue weighted by molar-refractivity contribution is 5.94. The molecule has 0 radical (unpaired) electrons. The summed E-state index contributed by atoms with van der Waals surface area (Å²) < 4.78 is 11.8. The van der Waals surface area contributed by atoms with E-state index in [1.807, 2.05) is 4.90 Å². The van der Waals surface area contributed by atoms with Crippen molar-refractivity contribution >= 4 is 5.91 Å². The number of pyridine rings is 1. The number of piperidine rings is 1. The Hall–Kier alpha value is -1.46. The lowest BCUT2D eigenvalue weighted by Crippen LogP contribution is -2.43. The molecular formula is C19H26N2O3. The van der Waals surface area contributed by atoms with E-state index in [2.05, 4.69) is 4.98 Å². The van der Waals surface area contributed by atoms with Gasteiger partial charge in [-0.1, -0.05) is 0 Å². The van der Waals surface area contributed by atoms with Crippen molar-refractivity contribution in [2.45, 2.75) is 38.2 Å². The largest absolute Gasteiger partial charge is 0.378 e. The van der Waals surface area contributed by atoms with Crippen LogP contribution >= 0.6 is 0 Å². The predicted octanol–water partition coefficient (Wildman–Crippen LogP) is 2.52. The van der Waals surface area contributed by atoms with Gasteiger partial charge in [0, 0.05) is 37.7 Å². The maximum Gasteiger partial charge on any atom is 0.253 e. The van der Waals surface area contributed by atoms with Gasteiger partial charge >= 0.3 is 0 Å². The normalized spacial score (nSPS) is 26.0. The van der Waals surface area contributed by atoms with Crippen molar-refractivity contribution in [2.75, 3.05) is 32.9 Å². The van der Waals surface area contributed by atoms with E-state index in [1.165, 1.54) is 12.8 Å².